The summed E-state index contributed by atoms with van der Waals surface area (Å²) >= 11 is 0. The highest BCUT2D eigenvalue weighted by atomic mass is 16.6. The average Bonchev–Trinajstić information content (AvgIpc) is 2.54. The molecule has 4 heteroatoms. The standard InChI is InChI=1S/C17H26N2O2/c1-2-18-11-10-15-9-6-12-19(13-15)17(20)21-14-16-7-4-3-5-8-16/h3-5,7-8,15,18H,2,6,9-14H2,1H3/t15-/m0/s1. The zero-order valence-corrected chi connectivity index (χ0v) is 12.9. The third-order valence-electron chi connectivity index (χ3n) is 3.96. The van der Waals surface area contributed by atoms with E-state index in [1.54, 1.807) is 0 Å². The number of nitrogens with one attached hydrogen (secondary N) is 1. The zero-order chi connectivity index (χ0) is 14.9. The summed E-state index contributed by atoms with van der Waals surface area (Å²) in [5.74, 6) is 0.599. The summed E-state index contributed by atoms with van der Waals surface area (Å²) in [5, 5.41) is 3.35. The Morgan fingerprint density at radius 2 is 2.19 bits per heavy atom. The molecule has 1 amide bonds. The number of amides is 1. The molecular weight excluding hydrogens is 264 g/mol. The first-order valence-electron chi connectivity index (χ1n) is 7.96. The minimum Gasteiger partial charge on any atom is -0.445 e. The van der Waals surface area contributed by atoms with E-state index in [1.807, 2.05) is 35.2 Å². The van der Waals surface area contributed by atoms with Gasteiger partial charge in [-0.3, -0.25) is 0 Å². The van der Waals surface area contributed by atoms with Gasteiger partial charge in [0.2, 0.25) is 0 Å². The number of benzene rings is 1. The number of ether oxygens (including phenoxy) is 1. The molecule has 0 radical (unpaired) electrons. The molecule has 1 fully saturated rings. The summed E-state index contributed by atoms with van der Waals surface area (Å²) in [6.07, 6.45) is 3.26. The van der Waals surface area contributed by atoms with E-state index >= 15 is 0 Å². The average molecular weight is 290 g/mol. The Bertz CT molecular complexity index is 422. The van der Waals surface area contributed by atoms with E-state index < -0.39 is 0 Å². The number of rotatable bonds is 6. The summed E-state index contributed by atoms with van der Waals surface area (Å²) in [5.41, 5.74) is 1.03. The third-order valence-corrected chi connectivity index (χ3v) is 3.96. The molecular formula is C17H26N2O2. The van der Waals surface area contributed by atoms with Crippen molar-refractivity contribution in [3.05, 3.63) is 35.9 Å². The largest absolute Gasteiger partial charge is 0.445 e. The molecule has 1 saturated heterocycles. The number of carbonyl (C=O) groups excluding carboxylic acids is 1. The van der Waals surface area contributed by atoms with Crippen molar-refractivity contribution in [3.8, 4) is 0 Å². The summed E-state index contributed by atoms with van der Waals surface area (Å²) in [6.45, 7) is 6.18. The Balaban J connectivity index is 1.74. The van der Waals surface area contributed by atoms with E-state index in [0.29, 0.717) is 12.5 Å². The Hall–Kier alpha value is -1.55. The van der Waals surface area contributed by atoms with Gasteiger partial charge in [-0.25, -0.2) is 4.79 Å². The first-order chi connectivity index (χ1) is 10.3. The van der Waals surface area contributed by atoms with E-state index in [1.165, 1.54) is 6.42 Å². The predicted molar refractivity (Wildman–Crippen MR) is 84.1 cm³/mol. The maximum absolute atomic E-state index is 12.1. The molecule has 0 unspecified atom stereocenters. The van der Waals surface area contributed by atoms with Gasteiger partial charge in [0, 0.05) is 13.1 Å². The number of nitrogens with zero attached hydrogens (tertiary/aromatic N) is 1. The van der Waals surface area contributed by atoms with E-state index in [9.17, 15) is 4.79 Å². The van der Waals surface area contributed by atoms with Gasteiger partial charge in [0.05, 0.1) is 0 Å². The van der Waals surface area contributed by atoms with Gasteiger partial charge >= 0.3 is 6.09 Å². The van der Waals surface area contributed by atoms with Crippen molar-refractivity contribution in [1.29, 1.82) is 0 Å². The van der Waals surface area contributed by atoms with Gasteiger partial charge in [0.1, 0.15) is 6.61 Å². The molecule has 116 valence electrons. The summed E-state index contributed by atoms with van der Waals surface area (Å²) in [4.78, 5) is 14.0. The Kier molecular flexibility index (Phi) is 6.54. The van der Waals surface area contributed by atoms with Crippen LogP contribution < -0.4 is 5.32 Å². The van der Waals surface area contributed by atoms with Crippen LogP contribution in [-0.2, 0) is 11.3 Å². The van der Waals surface area contributed by atoms with Crippen LogP contribution in [0.2, 0.25) is 0 Å². The maximum Gasteiger partial charge on any atom is 0.410 e. The number of hydrogen-bond acceptors (Lipinski definition) is 3. The molecule has 0 bridgehead atoms. The van der Waals surface area contributed by atoms with Crippen LogP contribution >= 0.6 is 0 Å². The summed E-state index contributed by atoms with van der Waals surface area (Å²) in [6, 6.07) is 9.83. The van der Waals surface area contributed by atoms with Gasteiger partial charge in [0.25, 0.3) is 0 Å². The summed E-state index contributed by atoms with van der Waals surface area (Å²) in [7, 11) is 0. The van der Waals surface area contributed by atoms with Gasteiger partial charge in [-0.2, -0.15) is 0 Å². The monoisotopic (exact) mass is 290 g/mol. The highest BCUT2D eigenvalue weighted by Crippen LogP contribution is 2.20. The number of hydrogen-bond donors (Lipinski definition) is 1. The van der Waals surface area contributed by atoms with Crippen LogP contribution in [-0.4, -0.2) is 37.2 Å². The molecule has 1 atom stereocenters. The van der Waals surface area contributed by atoms with E-state index in [0.717, 1.165) is 44.6 Å². The number of likely N-dealkylation sites (tertiary alicyclic amines) is 1. The minimum atomic E-state index is -0.174. The fourth-order valence-electron chi connectivity index (χ4n) is 2.76. The van der Waals surface area contributed by atoms with Gasteiger partial charge in [-0.05, 0) is 43.8 Å². The van der Waals surface area contributed by atoms with Crippen molar-refractivity contribution >= 4 is 6.09 Å². The number of carbonyl (C=O) groups is 1. The Morgan fingerprint density at radius 3 is 2.95 bits per heavy atom. The molecule has 1 aromatic rings. The molecule has 1 N–H and O–H groups in total. The van der Waals surface area contributed by atoms with E-state index in [-0.39, 0.29) is 6.09 Å². The van der Waals surface area contributed by atoms with Gasteiger partial charge in [-0.15, -0.1) is 0 Å². The van der Waals surface area contributed by atoms with Crippen LogP contribution in [0.15, 0.2) is 30.3 Å². The van der Waals surface area contributed by atoms with Crippen LogP contribution in [0.4, 0.5) is 4.79 Å². The second kappa shape index (κ2) is 8.67. The Morgan fingerprint density at radius 1 is 1.38 bits per heavy atom. The smallest absolute Gasteiger partial charge is 0.410 e. The first kappa shape index (κ1) is 15.8. The maximum atomic E-state index is 12.1. The van der Waals surface area contributed by atoms with Crippen LogP contribution in [0.25, 0.3) is 0 Å². The van der Waals surface area contributed by atoms with Crippen molar-refractivity contribution in [2.24, 2.45) is 5.92 Å². The molecule has 1 aliphatic rings. The normalized spacial score (nSPS) is 18.5. The molecule has 2 rings (SSSR count). The van der Waals surface area contributed by atoms with Crippen molar-refractivity contribution < 1.29 is 9.53 Å². The fourth-order valence-corrected chi connectivity index (χ4v) is 2.76. The zero-order valence-electron chi connectivity index (χ0n) is 12.9. The van der Waals surface area contributed by atoms with Crippen molar-refractivity contribution in [2.45, 2.75) is 32.8 Å². The summed E-state index contributed by atoms with van der Waals surface area (Å²) < 4.78 is 5.41. The fraction of sp³-hybridized carbons (Fsp3) is 0.588. The number of piperidine rings is 1. The van der Waals surface area contributed by atoms with Crippen LogP contribution in [0, 0.1) is 5.92 Å². The molecule has 1 aromatic carbocycles. The molecule has 0 spiro atoms. The lowest BCUT2D eigenvalue weighted by Crippen LogP contribution is -2.40. The van der Waals surface area contributed by atoms with Crippen LogP contribution in [0.5, 0.6) is 0 Å². The van der Waals surface area contributed by atoms with Crippen LogP contribution in [0.1, 0.15) is 31.7 Å². The van der Waals surface area contributed by atoms with E-state index in [4.69, 9.17) is 4.74 Å². The quantitative estimate of drug-likeness (QED) is 0.819. The highest BCUT2D eigenvalue weighted by Gasteiger charge is 2.24. The molecule has 0 saturated carbocycles. The second-order valence-electron chi connectivity index (χ2n) is 5.64. The first-order valence-corrected chi connectivity index (χ1v) is 7.96. The lowest BCUT2D eigenvalue weighted by Gasteiger charge is -2.32. The van der Waals surface area contributed by atoms with E-state index in [2.05, 4.69) is 12.2 Å². The highest BCUT2D eigenvalue weighted by molar-refractivity contribution is 5.67. The third kappa shape index (κ3) is 5.38. The van der Waals surface area contributed by atoms with Crippen LogP contribution in [0.3, 0.4) is 0 Å². The van der Waals surface area contributed by atoms with Crippen molar-refractivity contribution in [1.82, 2.24) is 10.2 Å². The topological polar surface area (TPSA) is 41.6 Å². The molecule has 0 aliphatic carbocycles. The molecule has 1 aliphatic heterocycles. The molecule has 4 nitrogen and oxygen atoms in total. The molecule has 0 aromatic heterocycles. The lowest BCUT2D eigenvalue weighted by molar-refractivity contribution is 0.0780. The Labute approximate surface area is 127 Å². The van der Waals surface area contributed by atoms with Crippen molar-refractivity contribution in [2.75, 3.05) is 26.2 Å². The second-order valence-corrected chi connectivity index (χ2v) is 5.64. The van der Waals surface area contributed by atoms with Gasteiger partial charge in [0.15, 0.2) is 0 Å². The molecule has 21 heavy (non-hydrogen) atoms. The lowest BCUT2D eigenvalue weighted by atomic mass is 9.95. The van der Waals surface area contributed by atoms with Crippen molar-refractivity contribution in [3.63, 3.8) is 0 Å². The predicted octanol–water partition coefficient (Wildman–Crippen LogP) is 3.03. The van der Waals surface area contributed by atoms with Gasteiger partial charge in [-0.1, -0.05) is 37.3 Å². The minimum absolute atomic E-state index is 0.174. The van der Waals surface area contributed by atoms with Gasteiger partial charge < -0.3 is 15.0 Å². The SMILES string of the molecule is CCNCC[C@@H]1CCCN(C(=O)OCc2ccccc2)C1. The molecule has 1 heterocycles.